The lowest BCUT2D eigenvalue weighted by atomic mass is 10.2. The Hall–Kier alpha value is -0.460. The minimum Gasteiger partial charge on any atom is -0.225 e. The van der Waals surface area contributed by atoms with Crippen molar-refractivity contribution < 1.29 is 12.8 Å². The van der Waals surface area contributed by atoms with E-state index in [9.17, 15) is 12.8 Å². The molecule has 0 fully saturated rings. The van der Waals surface area contributed by atoms with Crippen molar-refractivity contribution in [2.75, 3.05) is 0 Å². The molecular weight excluding hydrogens is 261 g/mol. The highest BCUT2D eigenvalue weighted by Crippen LogP contribution is 2.23. The molecule has 0 amide bonds. The van der Waals surface area contributed by atoms with E-state index in [1.165, 1.54) is 12.1 Å². The van der Waals surface area contributed by atoms with Crippen LogP contribution in [-0.2, 0) is 10.0 Å². The molecule has 0 spiro atoms. The average molecular weight is 268 g/mol. The van der Waals surface area contributed by atoms with E-state index in [1.54, 1.807) is 6.92 Å². The van der Waals surface area contributed by atoms with E-state index in [4.69, 9.17) is 5.14 Å². The van der Waals surface area contributed by atoms with Crippen LogP contribution in [0.15, 0.2) is 21.5 Å². The largest absolute Gasteiger partial charge is 0.241 e. The Morgan fingerprint density at radius 2 is 2.00 bits per heavy atom. The lowest BCUT2D eigenvalue weighted by Crippen LogP contribution is -2.14. The summed E-state index contributed by atoms with van der Waals surface area (Å²) >= 11 is 2.89. The van der Waals surface area contributed by atoms with Crippen LogP contribution in [0.4, 0.5) is 4.39 Å². The summed E-state index contributed by atoms with van der Waals surface area (Å²) in [6.45, 7) is 1.65. The van der Waals surface area contributed by atoms with Gasteiger partial charge in [-0.3, -0.25) is 0 Å². The molecule has 3 nitrogen and oxygen atoms in total. The van der Waals surface area contributed by atoms with Gasteiger partial charge in [-0.15, -0.1) is 0 Å². The summed E-state index contributed by atoms with van der Waals surface area (Å²) in [5.41, 5.74) is 0.623. The van der Waals surface area contributed by atoms with Crippen LogP contribution in [0.3, 0.4) is 0 Å². The predicted octanol–water partition coefficient (Wildman–Crippen LogP) is 1.54. The minimum atomic E-state index is -3.98. The van der Waals surface area contributed by atoms with E-state index in [1.807, 2.05) is 0 Å². The Labute approximate surface area is 83.9 Å². The van der Waals surface area contributed by atoms with Crippen molar-refractivity contribution in [2.24, 2.45) is 5.14 Å². The molecule has 0 saturated carbocycles. The zero-order valence-corrected chi connectivity index (χ0v) is 9.12. The van der Waals surface area contributed by atoms with Gasteiger partial charge in [0.1, 0.15) is 4.90 Å². The summed E-state index contributed by atoms with van der Waals surface area (Å²) in [5.74, 6) is -0.854. The van der Waals surface area contributed by atoms with E-state index < -0.39 is 20.7 Å². The Bertz CT molecular complexity index is 444. The highest BCUT2D eigenvalue weighted by Gasteiger charge is 2.16. The van der Waals surface area contributed by atoms with Crippen molar-refractivity contribution in [3.63, 3.8) is 0 Å². The van der Waals surface area contributed by atoms with E-state index in [0.717, 1.165) is 0 Å². The monoisotopic (exact) mass is 267 g/mol. The molecule has 0 bridgehead atoms. The number of hydrogen-bond acceptors (Lipinski definition) is 2. The van der Waals surface area contributed by atoms with Crippen molar-refractivity contribution in [1.82, 2.24) is 0 Å². The topological polar surface area (TPSA) is 60.2 Å². The van der Waals surface area contributed by atoms with Gasteiger partial charge in [-0.05, 0) is 40.5 Å². The van der Waals surface area contributed by atoms with E-state index >= 15 is 0 Å². The number of nitrogens with two attached hydrogens (primary N) is 1. The van der Waals surface area contributed by atoms with Gasteiger partial charge in [-0.25, -0.2) is 17.9 Å². The standard InChI is InChI=1S/C7H7BrFNO2S/c1-4-2-5(8)7(9)6(3-4)13(10,11)12/h2-3H,1H3,(H2,10,11,12). The molecule has 0 aliphatic heterocycles. The lowest BCUT2D eigenvalue weighted by molar-refractivity contribution is 0.564. The normalized spacial score (nSPS) is 11.7. The first kappa shape index (κ1) is 10.6. The van der Waals surface area contributed by atoms with Crippen molar-refractivity contribution in [1.29, 1.82) is 0 Å². The van der Waals surface area contributed by atoms with Gasteiger partial charge in [0.05, 0.1) is 4.47 Å². The fourth-order valence-electron chi connectivity index (χ4n) is 0.900. The maximum absolute atomic E-state index is 13.2. The molecule has 1 aromatic rings. The van der Waals surface area contributed by atoms with Gasteiger partial charge in [0.15, 0.2) is 5.82 Å². The van der Waals surface area contributed by atoms with Gasteiger partial charge in [0.25, 0.3) is 0 Å². The second-order valence-corrected chi connectivity index (χ2v) is 4.99. The molecule has 0 unspecified atom stereocenters. The smallest absolute Gasteiger partial charge is 0.225 e. The van der Waals surface area contributed by atoms with Crippen molar-refractivity contribution in [3.8, 4) is 0 Å². The minimum absolute atomic E-state index is 0.0940. The molecule has 2 N–H and O–H groups in total. The molecule has 72 valence electrons. The van der Waals surface area contributed by atoms with Gasteiger partial charge < -0.3 is 0 Å². The summed E-state index contributed by atoms with van der Waals surface area (Å²) in [4.78, 5) is -0.487. The maximum Gasteiger partial charge on any atom is 0.241 e. The molecule has 13 heavy (non-hydrogen) atoms. The SMILES string of the molecule is Cc1cc(Br)c(F)c(S(N)(=O)=O)c1. The quantitative estimate of drug-likeness (QED) is 0.839. The molecule has 0 saturated heterocycles. The van der Waals surface area contributed by atoms with Crippen molar-refractivity contribution >= 4 is 26.0 Å². The van der Waals surface area contributed by atoms with Crippen LogP contribution in [0.5, 0.6) is 0 Å². The van der Waals surface area contributed by atoms with Crippen LogP contribution in [0, 0.1) is 12.7 Å². The predicted molar refractivity (Wildman–Crippen MR) is 50.2 cm³/mol. The number of aryl methyl sites for hydroxylation is 1. The first-order valence-corrected chi connectivity index (χ1v) is 5.65. The third-order valence-electron chi connectivity index (χ3n) is 1.45. The van der Waals surface area contributed by atoms with Crippen LogP contribution in [0.1, 0.15) is 5.56 Å². The Kier molecular flexibility index (Phi) is 2.74. The number of benzene rings is 1. The number of hydrogen-bond donors (Lipinski definition) is 1. The zero-order chi connectivity index (χ0) is 10.2. The number of halogens is 2. The molecule has 0 atom stereocenters. The molecule has 1 rings (SSSR count). The second-order valence-electron chi connectivity index (χ2n) is 2.60. The van der Waals surface area contributed by atoms with E-state index in [0.29, 0.717) is 5.56 Å². The van der Waals surface area contributed by atoms with Crippen LogP contribution in [0.2, 0.25) is 0 Å². The Morgan fingerprint density at radius 3 is 2.46 bits per heavy atom. The van der Waals surface area contributed by atoms with E-state index in [-0.39, 0.29) is 4.47 Å². The van der Waals surface area contributed by atoms with Gasteiger partial charge in [0, 0.05) is 0 Å². The average Bonchev–Trinajstić information content (AvgIpc) is 1.94. The number of sulfonamides is 1. The van der Waals surface area contributed by atoms with Gasteiger partial charge in [0.2, 0.25) is 10.0 Å². The summed E-state index contributed by atoms with van der Waals surface area (Å²) in [6.07, 6.45) is 0. The fraction of sp³-hybridized carbons (Fsp3) is 0.143. The molecule has 6 heteroatoms. The van der Waals surface area contributed by atoms with E-state index in [2.05, 4.69) is 15.9 Å². The van der Waals surface area contributed by atoms with Gasteiger partial charge >= 0.3 is 0 Å². The van der Waals surface area contributed by atoms with Crippen LogP contribution in [-0.4, -0.2) is 8.42 Å². The summed E-state index contributed by atoms with van der Waals surface area (Å²) in [5, 5.41) is 4.81. The highest BCUT2D eigenvalue weighted by molar-refractivity contribution is 9.10. The number of primary sulfonamides is 1. The fourth-order valence-corrected chi connectivity index (χ4v) is 2.32. The van der Waals surface area contributed by atoms with Gasteiger partial charge in [-0.2, -0.15) is 0 Å². The zero-order valence-electron chi connectivity index (χ0n) is 6.71. The van der Waals surface area contributed by atoms with Crippen molar-refractivity contribution in [2.45, 2.75) is 11.8 Å². The first-order chi connectivity index (χ1) is 5.82. The van der Waals surface area contributed by atoms with Gasteiger partial charge in [-0.1, -0.05) is 0 Å². The molecule has 0 aliphatic carbocycles. The second kappa shape index (κ2) is 3.36. The molecule has 0 radical (unpaired) electrons. The summed E-state index contributed by atoms with van der Waals surface area (Å²) < 4.78 is 35.0. The first-order valence-electron chi connectivity index (χ1n) is 3.31. The van der Waals surface area contributed by atoms with Crippen LogP contribution < -0.4 is 5.14 Å². The maximum atomic E-state index is 13.2. The molecule has 0 heterocycles. The third-order valence-corrected chi connectivity index (χ3v) is 2.93. The number of rotatable bonds is 1. The molecule has 0 aliphatic rings. The Morgan fingerprint density at radius 1 is 1.46 bits per heavy atom. The highest BCUT2D eigenvalue weighted by atomic mass is 79.9. The molecular formula is C7H7BrFNO2S. The summed E-state index contributed by atoms with van der Waals surface area (Å²) in [6, 6.07) is 2.67. The molecule has 1 aromatic carbocycles. The molecule has 0 aromatic heterocycles. The lowest BCUT2D eigenvalue weighted by Gasteiger charge is -2.03. The Balaban J connectivity index is 3.56. The van der Waals surface area contributed by atoms with Crippen LogP contribution >= 0.6 is 15.9 Å². The summed E-state index contributed by atoms with van der Waals surface area (Å²) in [7, 11) is -3.98. The third kappa shape index (κ3) is 2.26. The van der Waals surface area contributed by atoms with Crippen molar-refractivity contribution in [3.05, 3.63) is 28.0 Å². The van der Waals surface area contributed by atoms with Crippen LogP contribution in [0.25, 0.3) is 0 Å².